The van der Waals surface area contributed by atoms with Crippen LogP contribution in [-0.2, 0) is 6.54 Å². The SMILES string of the molecule is C=CCn1c(SCC(=O)c2ccccc2)nnc1C(C)NC(=O)c1ccc(Cl)cc1. The molecule has 6 nitrogen and oxygen atoms in total. The summed E-state index contributed by atoms with van der Waals surface area (Å²) in [5.74, 6) is 0.609. The molecule has 1 atom stereocenters. The largest absolute Gasteiger partial charge is 0.342 e. The minimum Gasteiger partial charge on any atom is -0.342 e. The maximum atomic E-state index is 12.5. The van der Waals surface area contributed by atoms with E-state index in [0.717, 1.165) is 0 Å². The molecule has 1 N–H and O–H groups in total. The van der Waals surface area contributed by atoms with Crippen LogP contribution >= 0.6 is 23.4 Å². The predicted molar refractivity (Wildman–Crippen MR) is 119 cm³/mol. The highest BCUT2D eigenvalue weighted by Crippen LogP contribution is 2.22. The molecule has 3 aromatic rings. The zero-order valence-corrected chi connectivity index (χ0v) is 18.0. The third-order valence-electron chi connectivity index (χ3n) is 4.33. The Labute approximate surface area is 184 Å². The van der Waals surface area contributed by atoms with E-state index >= 15 is 0 Å². The number of amides is 1. The maximum Gasteiger partial charge on any atom is 0.251 e. The number of benzene rings is 2. The highest BCUT2D eigenvalue weighted by Gasteiger charge is 2.20. The zero-order valence-electron chi connectivity index (χ0n) is 16.4. The fourth-order valence-corrected chi connectivity index (χ4v) is 3.79. The number of carbonyl (C=O) groups is 2. The molecular weight excluding hydrogens is 420 g/mol. The van der Waals surface area contributed by atoms with Gasteiger partial charge in [-0.05, 0) is 31.2 Å². The number of allylic oxidation sites excluding steroid dienone is 1. The van der Waals surface area contributed by atoms with Gasteiger partial charge in [0.15, 0.2) is 16.8 Å². The first-order valence-corrected chi connectivity index (χ1v) is 10.7. The monoisotopic (exact) mass is 440 g/mol. The van der Waals surface area contributed by atoms with Gasteiger partial charge >= 0.3 is 0 Å². The molecule has 0 saturated heterocycles. The summed E-state index contributed by atoms with van der Waals surface area (Å²) in [6, 6.07) is 15.4. The molecule has 0 saturated carbocycles. The second kappa shape index (κ2) is 10.2. The van der Waals surface area contributed by atoms with Crippen LogP contribution in [-0.4, -0.2) is 32.2 Å². The average Bonchev–Trinajstić information content (AvgIpc) is 3.16. The number of aromatic nitrogens is 3. The lowest BCUT2D eigenvalue weighted by molar-refractivity contribution is 0.0937. The zero-order chi connectivity index (χ0) is 21.5. The van der Waals surface area contributed by atoms with E-state index in [9.17, 15) is 9.59 Å². The standard InChI is InChI=1S/C22H21ClN4O2S/c1-3-13-27-20(15(2)24-21(29)17-9-11-18(23)12-10-17)25-26-22(27)30-14-19(28)16-7-5-4-6-8-16/h3-12,15H,1,13-14H2,2H3,(H,24,29). The summed E-state index contributed by atoms with van der Waals surface area (Å²) in [5.41, 5.74) is 1.16. The molecule has 1 aromatic heterocycles. The number of ketones is 1. The van der Waals surface area contributed by atoms with Crippen LogP contribution in [0, 0.1) is 0 Å². The fraction of sp³-hybridized carbons (Fsp3) is 0.182. The van der Waals surface area contributed by atoms with Gasteiger partial charge in [-0.15, -0.1) is 16.8 Å². The van der Waals surface area contributed by atoms with Crippen molar-refractivity contribution in [3.8, 4) is 0 Å². The van der Waals surface area contributed by atoms with Gasteiger partial charge in [0.05, 0.1) is 11.8 Å². The van der Waals surface area contributed by atoms with Gasteiger partial charge in [0.25, 0.3) is 5.91 Å². The van der Waals surface area contributed by atoms with Crippen molar-refractivity contribution < 1.29 is 9.59 Å². The summed E-state index contributed by atoms with van der Waals surface area (Å²) >= 11 is 7.19. The van der Waals surface area contributed by atoms with E-state index in [1.807, 2.05) is 29.7 Å². The lowest BCUT2D eigenvalue weighted by atomic mass is 10.2. The van der Waals surface area contributed by atoms with E-state index in [-0.39, 0.29) is 23.5 Å². The van der Waals surface area contributed by atoms with Gasteiger partial charge < -0.3 is 9.88 Å². The average molecular weight is 441 g/mol. The van der Waals surface area contributed by atoms with Crippen LogP contribution in [0.5, 0.6) is 0 Å². The van der Waals surface area contributed by atoms with Gasteiger partial charge in [-0.3, -0.25) is 9.59 Å². The van der Waals surface area contributed by atoms with Crippen molar-refractivity contribution in [2.75, 3.05) is 5.75 Å². The fourth-order valence-electron chi connectivity index (χ4n) is 2.81. The smallest absolute Gasteiger partial charge is 0.251 e. The van der Waals surface area contributed by atoms with E-state index in [0.29, 0.717) is 33.7 Å². The number of hydrogen-bond donors (Lipinski definition) is 1. The number of rotatable bonds is 9. The second-order valence-corrected chi connectivity index (χ2v) is 7.90. The van der Waals surface area contributed by atoms with Crippen LogP contribution in [0.25, 0.3) is 0 Å². The van der Waals surface area contributed by atoms with Crippen molar-refractivity contribution >= 4 is 35.1 Å². The number of thioether (sulfide) groups is 1. The maximum absolute atomic E-state index is 12.5. The number of nitrogens with zero attached hydrogens (tertiary/aromatic N) is 3. The molecule has 0 aliphatic rings. The molecule has 0 aliphatic heterocycles. The van der Waals surface area contributed by atoms with Gasteiger partial charge in [-0.25, -0.2) is 0 Å². The van der Waals surface area contributed by atoms with Crippen LogP contribution in [0.3, 0.4) is 0 Å². The summed E-state index contributed by atoms with van der Waals surface area (Å²) in [6.45, 7) is 6.08. The van der Waals surface area contributed by atoms with Crippen LogP contribution in [0.2, 0.25) is 5.02 Å². The van der Waals surface area contributed by atoms with Crippen molar-refractivity contribution in [1.82, 2.24) is 20.1 Å². The van der Waals surface area contributed by atoms with Crippen LogP contribution in [0.15, 0.2) is 72.4 Å². The Morgan fingerprint density at radius 1 is 1.13 bits per heavy atom. The molecule has 1 heterocycles. The van der Waals surface area contributed by atoms with Gasteiger partial charge in [-0.2, -0.15) is 0 Å². The van der Waals surface area contributed by atoms with Gasteiger partial charge in [-0.1, -0.05) is 59.8 Å². The Bertz CT molecular complexity index is 1040. The normalized spacial score (nSPS) is 11.7. The Kier molecular flexibility index (Phi) is 7.43. The van der Waals surface area contributed by atoms with E-state index in [1.165, 1.54) is 11.8 Å². The molecular formula is C22H21ClN4O2S. The summed E-state index contributed by atoms with van der Waals surface area (Å²) in [4.78, 5) is 24.9. The van der Waals surface area contributed by atoms with E-state index < -0.39 is 0 Å². The van der Waals surface area contributed by atoms with Crippen molar-refractivity contribution in [2.24, 2.45) is 0 Å². The highest BCUT2D eigenvalue weighted by molar-refractivity contribution is 7.99. The Morgan fingerprint density at radius 2 is 1.83 bits per heavy atom. The summed E-state index contributed by atoms with van der Waals surface area (Å²) < 4.78 is 1.85. The van der Waals surface area contributed by atoms with Crippen molar-refractivity contribution in [3.63, 3.8) is 0 Å². The molecule has 1 unspecified atom stereocenters. The van der Waals surface area contributed by atoms with Crippen molar-refractivity contribution in [2.45, 2.75) is 24.7 Å². The van der Waals surface area contributed by atoms with Gasteiger partial charge in [0.2, 0.25) is 0 Å². The molecule has 0 aliphatic carbocycles. The molecule has 154 valence electrons. The summed E-state index contributed by atoms with van der Waals surface area (Å²) in [6.07, 6.45) is 1.73. The molecule has 0 bridgehead atoms. The Hall–Kier alpha value is -2.90. The van der Waals surface area contributed by atoms with E-state index in [2.05, 4.69) is 22.1 Å². The summed E-state index contributed by atoms with van der Waals surface area (Å²) in [7, 11) is 0. The Morgan fingerprint density at radius 3 is 2.50 bits per heavy atom. The first-order valence-electron chi connectivity index (χ1n) is 9.31. The number of nitrogens with one attached hydrogen (secondary N) is 1. The molecule has 3 rings (SSSR count). The van der Waals surface area contributed by atoms with Gasteiger partial charge in [0, 0.05) is 22.7 Å². The minimum absolute atomic E-state index is 0.0133. The molecule has 30 heavy (non-hydrogen) atoms. The first kappa shape index (κ1) is 21.8. The molecule has 0 spiro atoms. The second-order valence-electron chi connectivity index (χ2n) is 6.52. The first-order chi connectivity index (χ1) is 14.5. The molecule has 1 amide bonds. The number of hydrogen-bond acceptors (Lipinski definition) is 5. The number of Topliss-reactive ketones (excluding diaryl/α,β-unsaturated/α-hetero) is 1. The molecule has 2 aromatic carbocycles. The van der Waals surface area contributed by atoms with Gasteiger partial charge in [0.1, 0.15) is 0 Å². The van der Waals surface area contributed by atoms with E-state index in [4.69, 9.17) is 11.6 Å². The van der Waals surface area contributed by atoms with Crippen LogP contribution in [0.1, 0.15) is 39.5 Å². The third kappa shape index (κ3) is 5.37. The lowest BCUT2D eigenvalue weighted by Gasteiger charge is -2.15. The Balaban J connectivity index is 1.71. The topological polar surface area (TPSA) is 76.9 Å². The number of halogens is 1. The van der Waals surface area contributed by atoms with Crippen molar-refractivity contribution in [3.05, 3.63) is 89.2 Å². The van der Waals surface area contributed by atoms with Crippen molar-refractivity contribution in [1.29, 1.82) is 0 Å². The predicted octanol–water partition coefficient (Wildman–Crippen LogP) is 4.58. The molecule has 0 fully saturated rings. The minimum atomic E-state index is -0.389. The summed E-state index contributed by atoms with van der Waals surface area (Å²) in [5, 5.41) is 12.5. The highest BCUT2D eigenvalue weighted by atomic mass is 35.5. The lowest BCUT2D eigenvalue weighted by Crippen LogP contribution is -2.28. The van der Waals surface area contributed by atoms with Crippen LogP contribution < -0.4 is 5.32 Å². The molecule has 0 radical (unpaired) electrons. The quantitative estimate of drug-likeness (QED) is 0.299. The van der Waals surface area contributed by atoms with E-state index in [1.54, 1.807) is 42.5 Å². The number of carbonyl (C=O) groups excluding carboxylic acids is 2. The third-order valence-corrected chi connectivity index (χ3v) is 5.55. The molecule has 8 heteroatoms. The van der Waals surface area contributed by atoms with Crippen LogP contribution in [0.4, 0.5) is 0 Å².